The van der Waals surface area contributed by atoms with Gasteiger partial charge in [0, 0.05) is 24.6 Å². The minimum atomic E-state index is -0.162. The van der Waals surface area contributed by atoms with Crippen molar-refractivity contribution in [3.8, 4) is 11.1 Å². The molecule has 5 rings (SSSR count). The van der Waals surface area contributed by atoms with Crippen LogP contribution < -0.4 is 0 Å². The number of cyclic esters (lactones) is 1. The number of hydrogen-bond donors (Lipinski definition) is 0. The molecule has 130 valence electrons. The van der Waals surface area contributed by atoms with E-state index in [4.69, 9.17) is 4.74 Å². The van der Waals surface area contributed by atoms with E-state index >= 15 is 0 Å². The van der Waals surface area contributed by atoms with E-state index in [1.54, 1.807) is 16.2 Å². The van der Waals surface area contributed by atoms with Gasteiger partial charge in [-0.15, -0.1) is 0 Å². The zero-order chi connectivity index (χ0) is 17.7. The van der Waals surface area contributed by atoms with Crippen molar-refractivity contribution < 1.29 is 14.3 Å². The average molecular weight is 363 g/mol. The molecule has 1 aromatic heterocycles. The number of ether oxygens (including phenoxy) is 1. The molecule has 0 saturated carbocycles. The number of rotatable bonds is 2. The Labute approximate surface area is 155 Å². The summed E-state index contributed by atoms with van der Waals surface area (Å²) in [5.74, 6) is -0.159. The summed E-state index contributed by atoms with van der Waals surface area (Å²) in [4.78, 5) is 26.4. The van der Waals surface area contributed by atoms with Gasteiger partial charge in [-0.25, -0.2) is 0 Å². The van der Waals surface area contributed by atoms with Crippen molar-refractivity contribution in [2.45, 2.75) is 0 Å². The van der Waals surface area contributed by atoms with Crippen LogP contribution >= 0.6 is 11.3 Å². The molecule has 0 bridgehead atoms. The second-order valence-corrected chi connectivity index (χ2v) is 7.78. The van der Waals surface area contributed by atoms with Crippen molar-refractivity contribution in [1.82, 2.24) is 4.90 Å². The van der Waals surface area contributed by atoms with Crippen LogP contribution in [0.3, 0.4) is 0 Å². The van der Waals surface area contributed by atoms with Crippen LogP contribution in [0.5, 0.6) is 0 Å². The van der Waals surface area contributed by atoms with Gasteiger partial charge in [0.2, 0.25) is 0 Å². The number of nitrogens with zero attached hydrogens (tertiary/aromatic N) is 1. The highest BCUT2D eigenvalue weighted by Gasteiger charge is 2.45. The Morgan fingerprint density at radius 2 is 1.88 bits per heavy atom. The van der Waals surface area contributed by atoms with E-state index in [-0.39, 0.29) is 23.7 Å². The molecule has 26 heavy (non-hydrogen) atoms. The number of likely N-dealkylation sites (tertiary alicyclic amines) is 1. The highest BCUT2D eigenvalue weighted by molar-refractivity contribution is 7.08. The molecule has 0 aliphatic carbocycles. The average Bonchev–Trinajstić information content (AvgIpc) is 3.39. The first-order valence-corrected chi connectivity index (χ1v) is 9.65. The minimum Gasteiger partial charge on any atom is -0.465 e. The molecule has 3 aromatic rings. The van der Waals surface area contributed by atoms with Gasteiger partial charge in [-0.2, -0.15) is 11.3 Å². The van der Waals surface area contributed by atoms with E-state index in [9.17, 15) is 9.59 Å². The van der Waals surface area contributed by atoms with Crippen LogP contribution in [0.2, 0.25) is 0 Å². The van der Waals surface area contributed by atoms with Gasteiger partial charge >= 0.3 is 5.97 Å². The van der Waals surface area contributed by atoms with E-state index in [2.05, 4.69) is 35.0 Å². The van der Waals surface area contributed by atoms with Crippen molar-refractivity contribution in [2.75, 3.05) is 19.7 Å². The maximum atomic E-state index is 12.9. The lowest BCUT2D eigenvalue weighted by molar-refractivity contribution is -0.141. The first kappa shape index (κ1) is 15.6. The van der Waals surface area contributed by atoms with Crippen LogP contribution in [0.1, 0.15) is 10.4 Å². The monoisotopic (exact) mass is 363 g/mol. The van der Waals surface area contributed by atoms with Gasteiger partial charge < -0.3 is 9.64 Å². The molecule has 2 fully saturated rings. The Bertz CT molecular complexity index is 1010. The lowest BCUT2D eigenvalue weighted by atomic mass is 10.0. The molecule has 0 spiro atoms. The Hall–Kier alpha value is -2.66. The van der Waals surface area contributed by atoms with Crippen molar-refractivity contribution >= 4 is 34.0 Å². The lowest BCUT2D eigenvalue weighted by Crippen LogP contribution is -2.30. The summed E-state index contributed by atoms with van der Waals surface area (Å²) < 4.78 is 5.08. The number of thiophene rings is 1. The zero-order valence-electron chi connectivity index (χ0n) is 14.1. The van der Waals surface area contributed by atoms with Gasteiger partial charge in [0.05, 0.1) is 12.5 Å². The predicted octanol–water partition coefficient (Wildman–Crippen LogP) is 3.81. The Morgan fingerprint density at radius 1 is 1.04 bits per heavy atom. The number of carbonyl (C=O) groups excluding carboxylic acids is 2. The van der Waals surface area contributed by atoms with Crippen LogP contribution in [0, 0.1) is 11.8 Å². The summed E-state index contributed by atoms with van der Waals surface area (Å²) in [5, 5.41) is 6.37. The fourth-order valence-electron chi connectivity index (χ4n) is 3.94. The summed E-state index contributed by atoms with van der Waals surface area (Å²) in [5.41, 5.74) is 3.07. The molecular formula is C21H17NO3S. The number of carbonyl (C=O) groups is 2. The fraction of sp³-hybridized carbons (Fsp3) is 0.238. The molecule has 0 N–H and O–H groups in total. The Morgan fingerprint density at radius 3 is 2.69 bits per heavy atom. The number of hydrogen-bond acceptors (Lipinski definition) is 4. The molecular weight excluding hydrogens is 346 g/mol. The molecule has 2 atom stereocenters. The van der Waals surface area contributed by atoms with Crippen LogP contribution in [0.15, 0.2) is 53.2 Å². The van der Waals surface area contributed by atoms with E-state index < -0.39 is 0 Å². The van der Waals surface area contributed by atoms with Gasteiger partial charge in [-0.3, -0.25) is 9.59 Å². The van der Waals surface area contributed by atoms with E-state index in [0.29, 0.717) is 25.3 Å². The third kappa shape index (κ3) is 2.51. The SMILES string of the molecule is O=C1OC[C@H]2CN(C(=O)c3ccc4cc(-c5ccsc5)ccc4c3)C[C@@H]12. The van der Waals surface area contributed by atoms with Gasteiger partial charge in [-0.1, -0.05) is 18.2 Å². The third-order valence-corrected chi connectivity index (χ3v) is 6.10. The number of fused-ring (bicyclic) bond motifs is 2. The molecule has 3 heterocycles. The fourth-order valence-corrected chi connectivity index (χ4v) is 4.60. The molecule has 4 nitrogen and oxygen atoms in total. The maximum Gasteiger partial charge on any atom is 0.311 e. The lowest BCUT2D eigenvalue weighted by Gasteiger charge is -2.17. The van der Waals surface area contributed by atoms with Crippen LogP contribution in [-0.2, 0) is 9.53 Å². The summed E-state index contributed by atoms with van der Waals surface area (Å²) in [7, 11) is 0. The third-order valence-electron chi connectivity index (χ3n) is 5.41. The van der Waals surface area contributed by atoms with E-state index in [0.717, 1.165) is 10.8 Å². The van der Waals surface area contributed by atoms with Crippen molar-refractivity contribution in [2.24, 2.45) is 11.8 Å². The molecule has 2 aromatic carbocycles. The highest BCUT2D eigenvalue weighted by atomic mass is 32.1. The number of benzene rings is 2. The van der Waals surface area contributed by atoms with Gasteiger partial charge in [0.1, 0.15) is 0 Å². The molecule has 5 heteroatoms. The maximum absolute atomic E-state index is 12.9. The van der Waals surface area contributed by atoms with Gasteiger partial charge in [0.15, 0.2) is 0 Å². The first-order valence-electron chi connectivity index (χ1n) is 8.71. The number of amides is 1. The Kier molecular flexibility index (Phi) is 3.57. The minimum absolute atomic E-state index is 0.00369. The van der Waals surface area contributed by atoms with Crippen LogP contribution in [-0.4, -0.2) is 36.5 Å². The largest absolute Gasteiger partial charge is 0.465 e. The smallest absolute Gasteiger partial charge is 0.311 e. The quantitative estimate of drug-likeness (QED) is 0.651. The second kappa shape index (κ2) is 5.95. The standard InChI is InChI=1S/C21H17NO3S/c23-20(22-9-18-11-25-21(24)19(18)10-22)16-4-3-13-7-15(2-1-14(13)8-16)17-5-6-26-12-17/h1-8,12,18-19H,9-11H2/t18-,19-/m1/s1. The predicted molar refractivity (Wildman–Crippen MR) is 101 cm³/mol. The topological polar surface area (TPSA) is 46.6 Å². The molecule has 2 aliphatic rings. The second-order valence-electron chi connectivity index (χ2n) is 7.00. The van der Waals surface area contributed by atoms with Crippen LogP contribution in [0.25, 0.3) is 21.9 Å². The first-order chi connectivity index (χ1) is 12.7. The molecule has 2 saturated heterocycles. The summed E-state index contributed by atoms with van der Waals surface area (Å²) >= 11 is 1.68. The van der Waals surface area contributed by atoms with Crippen molar-refractivity contribution in [3.63, 3.8) is 0 Å². The zero-order valence-corrected chi connectivity index (χ0v) is 14.9. The van der Waals surface area contributed by atoms with Gasteiger partial charge in [-0.05, 0) is 56.9 Å². The number of esters is 1. The molecule has 0 unspecified atom stereocenters. The van der Waals surface area contributed by atoms with E-state index in [1.807, 2.05) is 18.2 Å². The Balaban J connectivity index is 1.42. The van der Waals surface area contributed by atoms with Crippen LogP contribution in [0.4, 0.5) is 0 Å². The molecule has 2 aliphatic heterocycles. The summed E-state index contributed by atoms with van der Waals surface area (Å²) in [6.45, 7) is 1.51. The van der Waals surface area contributed by atoms with Crippen molar-refractivity contribution in [3.05, 3.63) is 58.8 Å². The van der Waals surface area contributed by atoms with Gasteiger partial charge in [0.25, 0.3) is 5.91 Å². The molecule has 1 amide bonds. The highest BCUT2D eigenvalue weighted by Crippen LogP contribution is 2.32. The summed E-state index contributed by atoms with van der Waals surface area (Å²) in [6, 6.07) is 14.3. The molecule has 0 radical (unpaired) electrons. The van der Waals surface area contributed by atoms with Crippen molar-refractivity contribution in [1.29, 1.82) is 0 Å². The summed E-state index contributed by atoms with van der Waals surface area (Å²) in [6.07, 6.45) is 0. The normalized spacial score (nSPS) is 21.8. The van der Waals surface area contributed by atoms with E-state index in [1.165, 1.54) is 11.1 Å².